The van der Waals surface area contributed by atoms with Crippen LogP contribution < -0.4 is 15.6 Å². The minimum Gasteiger partial charge on any atom is -0.504 e. The minimum absolute atomic E-state index is 0.0306. The number of likely N-dealkylation sites (tertiary alicyclic amines) is 1. The summed E-state index contributed by atoms with van der Waals surface area (Å²) < 4.78 is 45.1. The summed E-state index contributed by atoms with van der Waals surface area (Å²) in [5.74, 6) is 0.927. The Kier molecular flexibility index (Phi) is 6.93. The molecule has 5 nitrogen and oxygen atoms in total. The Balaban J connectivity index is 1.47. The number of phenolic OH excluding ortho intramolecular Hbond substituents is 1. The zero-order valence-corrected chi connectivity index (χ0v) is 18.2. The van der Waals surface area contributed by atoms with Gasteiger partial charge >= 0.3 is 6.18 Å². The van der Waals surface area contributed by atoms with E-state index in [-0.39, 0.29) is 23.6 Å². The molecule has 2 fully saturated rings. The molecule has 0 spiro atoms. The lowest BCUT2D eigenvalue weighted by atomic mass is 9.80. The Labute approximate surface area is 186 Å². The number of hydrogen-bond acceptors (Lipinski definition) is 5. The normalized spacial score (nSPS) is 24.6. The molecule has 0 aromatic heterocycles. The zero-order chi connectivity index (χ0) is 22.7. The van der Waals surface area contributed by atoms with Gasteiger partial charge in [-0.15, -0.1) is 0 Å². The van der Waals surface area contributed by atoms with E-state index in [1.165, 1.54) is 12.1 Å². The second-order valence-electron chi connectivity index (χ2n) is 8.62. The summed E-state index contributed by atoms with van der Waals surface area (Å²) in [6, 6.07) is 11.3. The summed E-state index contributed by atoms with van der Waals surface area (Å²) in [5, 5.41) is 10.5. The van der Waals surface area contributed by atoms with E-state index in [0.29, 0.717) is 31.0 Å². The molecule has 8 heteroatoms. The van der Waals surface area contributed by atoms with Crippen molar-refractivity contribution >= 4 is 0 Å². The predicted molar refractivity (Wildman–Crippen MR) is 116 cm³/mol. The molecule has 32 heavy (non-hydrogen) atoms. The van der Waals surface area contributed by atoms with Gasteiger partial charge < -0.3 is 9.84 Å². The lowest BCUT2D eigenvalue weighted by Crippen LogP contribution is -2.46. The van der Waals surface area contributed by atoms with Crippen LogP contribution in [0.5, 0.6) is 11.5 Å². The fourth-order valence-corrected chi connectivity index (χ4v) is 4.97. The molecule has 4 rings (SSSR count). The molecular weight excluding hydrogens is 419 g/mol. The van der Waals surface area contributed by atoms with Crippen molar-refractivity contribution in [2.24, 2.45) is 5.92 Å². The van der Waals surface area contributed by atoms with Crippen LogP contribution in [0.25, 0.3) is 0 Å². The Bertz CT molecular complexity index is 922. The highest BCUT2D eigenvalue weighted by molar-refractivity contribution is 5.45. The molecule has 2 aliphatic rings. The molecule has 0 saturated carbocycles. The number of nitrogens with one attached hydrogen (secondary N) is 2. The molecule has 0 amide bonds. The van der Waals surface area contributed by atoms with Crippen molar-refractivity contribution in [2.75, 3.05) is 26.2 Å². The van der Waals surface area contributed by atoms with E-state index in [0.717, 1.165) is 37.6 Å². The molecule has 2 heterocycles. The van der Waals surface area contributed by atoms with E-state index in [1.807, 2.05) is 19.1 Å². The van der Waals surface area contributed by atoms with Gasteiger partial charge in [0.1, 0.15) is 0 Å². The largest absolute Gasteiger partial charge is 0.504 e. The van der Waals surface area contributed by atoms with Crippen LogP contribution in [-0.2, 0) is 12.7 Å². The van der Waals surface area contributed by atoms with Gasteiger partial charge in [0.25, 0.3) is 0 Å². The number of para-hydroxylation sites is 1. The molecule has 2 aromatic carbocycles. The van der Waals surface area contributed by atoms with Gasteiger partial charge in [0, 0.05) is 37.2 Å². The highest BCUT2D eigenvalue weighted by atomic mass is 19.4. The number of hydrazine groups is 1. The lowest BCUT2D eigenvalue weighted by Gasteiger charge is -2.37. The van der Waals surface area contributed by atoms with Gasteiger partial charge in [0.2, 0.25) is 0 Å². The number of piperidine rings is 1. The van der Waals surface area contributed by atoms with Crippen molar-refractivity contribution in [3.05, 3.63) is 59.2 Å². The first-order valence-electron chi connectivity index (χ1n) is 11.2. The van der Waals surface area contributed by atoms with E-state index < -0.39 is 11.7 Å². The summed E-state index contributed by atoms with van der Waals surface area (Å²) in [6.45, 7) is 5.30. The number of ether oxygens (including phenoxy) is 1. The van der Waals surface area contributed by atoms with Gasteiger partial charge in [0.05, 0.1) is 12.2 Å². The van der Waals surface area contributed by atoms with E-state index in [2.05, 4.69) is 15.8 Å². The molecule has 2 saturated heterocycles. The summed E-state index contributed by atoms with van der Waals surface area (Å²) >= 11 is 0. The van der Waals surface area contributed by atoms with Crippen LogP contribution in [0.3, 0.4) is 0 Å². The average molecular weight is 450 g/mol. The first-order valence-corrected chi connectivity index (χ1v) is 11.2. The molecule has 2 aromatic rings. The number of phenols is 1. The van der Waals surface area contributed by atoms with Crippen LogP contribution in [0.15, 0.2) is 42.5 Å². The Morgan fingerprint density at radius 2 is 2.00 bits per heavy atom. The summed E-state index contributed by atoms with van der Waals surface area (Å²) in [6.07, 6.45) is -2.33. The SMILES string of the molecule is CCOc1cccc(CN2CCCC(C3NNCC3c3cccc(C(F)(F)F)c3)C2)c1O. The number of benzene rings is 2. The first kappa shape index (κ1) is 22.9. The van der Waals surface area contributed by atoms with Crippen LogP contribution in [0, 0.1) is 5.92 Å². The molecule has 3 atom stereocenters. The minimum atomic E-state index is -4.34. The summed E-state index contributed by atoms with van der Waals surface area (Å²) in [5.41, 5.74) is 7.42. The smallest absolute Gasteiger partial charge is 0.416 e. The number of halogens is 3. The van der Waals surface area contributed by atoms with Crippen molar-refractivity contribution in [2.45, 2.75) is 44.4 Å². The van der Waals surface area contributed by atoms with Crippen LogP contribution in [0.1, 0.15) is 42.4 Å². The number of rotatable bonds is 6. The van der Waals surface area contributed by atoms with Gasteiger partial charge in [0.15, 0.2) is 11.5 Å². The Hall–Kier alpha value is -2.29. The topological polar surface area (TPSA) is 56.8 Å². The molecule has 2 aliphatic heterocycles. The maximum atomic E-state index is 13.2. The second kappa shape index (κ2) is 9.68. The number of hydrogen-bond donors (Lipinski definition) is 3. The molecular formula is C24H30F3N3O2. The van der Waals surface area contributed by atoms with Crippen molar-refractivity contribution in [3.63, 3.8) is 0 Å². The maximum absolute atomic E-state index is 13.2. The van der Waals surface area contributed by atoms with Gasteiger partial charge in [-0.1, -0.05) is 30.3 Å². The number of aromatic hydroxyl groups is 1. The van der Waals surface area contributed by atoms with Crippen molar-refractivity contribution < 1.29 is 23.0 Å². The van der Waals surface area contributed by atoms with E-state index in [9.17, 15) is 18.3 Å². The third-order valence-electron chi connectivity index (χ3n) is 6.49. The third-order valence-corrected chi connectivity index (χ3v) is 6.49. The van der Waals surface area contributed by atoms with Crippen LogP contribution in [-0.4, -0.2) is 42.3 Å². The van der Waals surface area contributed by atoms with Crippen LogP contribution in [0.4, 0.5) is 13.2 Å². The van der Waals surface area contributed by atoms with E-state index in [4.69, 9.17) is 4.74 Å². The fourth-order valence-electron chi connectivity index (χ4n) is 4.97. The highest BCUT2D eigenvalue weighted by Crippen LogP contribution is 2.36. The third kappa shape index (κ3) is 5.03. The number of nitrogens with zero attached hydrogens (tertiary/aromatic N) is 1. The van der Waals surface area contributed by atoms with Crippen molar-refractivity contribution in [1.29, 1.82) is 0 Å². The lowest BCUT2D eigenvalue weighted by molar-refractivity contribution is -0.137. The highest BCUT2D eigenvalue weighted by Gasteiger charge is 2.38. The standard InChI is InChI=1S/C24H30F3N3O2/c1-2-32-21-10-4-7-18(23(21)31)15-30-11-5-8-17(14-30)22-20(13-28-29-22)16-6-3-9-19(12-16)24(25,26)27/h3-4,6-7,9-10,12,17,20,22,28-29,31H,2,5,8,11,13-15H2,1H3. The second-order valence-corrected chi connectivity index (χ2v) is 8.62. The Morgan fingerprint density at radius 1 is 1.19 bits per heavy atom. The van der Waals surface area contributed by atoms with Crippen molar-refractivity contribution in [1.82, 2.24) is 15.8 Å². The van der Waals surface area contributed by atoms with Gasteiger partial charge in [-0.2, -0.15) is 13.2 Å². The fraction of sp³-hybridized carbons (Fsp3) is 0.500. The molecule has 0 radical (unpaired) electrons. The van der Waals surface area contributed by atoms with Gasteiger partial charge in [-0.3, -0.25) is 15.8 Å². The van der Waals surface area contributed by atoms with Gasteiger partial charge in [-0.25, -0.2) is 0 Å². The van der Waals surface area contributed by atoms with Crippen LogP contribution in [0.2, 0.25) is 0 Å². The summed E-state index contributed by atoms with van der Waals surface area (Å²) in [7, 11) is 0. The van der Waals surface area contributed by atoms with Crippen molar-refractivity contribution in [3.8, 4) is 11.5 Å². The quantitative estimate of drug-likeness (QED) is 0.615. The number of alkyl halides is 3. The monoisotopic (exact) mass is 449 g/mol. The average Bonchev–Trinajstić information content (AvgIpc) is 3.26. The van der Waals surface area contributed by atoms with E-state index >= 15 is 0 Å². The van der Waals surface area contributed by atoms with Gasteiger partial charge in [-0.05, 0) is 49.9 Å². The molecule has 3 unspecified atom stereocenters. The molecule has 3 N–H and O–H groups in total. The zero-order valence-electron chi connectivity index (χ0n) is 18.2. The predicted octanol–water partition coefficient (Wildman–Crippen LogP) is 4.28. The maximum Gasteiger partial charge on any atom is 0.416 e. The summed E-state index contributed by atoms with van der Waals surface area (Å²) in [4.78, 5) is 2.31. The molecule has 0 bridgehead atoms. The molecule has 174 valence electrons. The van der Waals surface area contributed by atoms with E-state index in [1.54, 1.807) is 12.1 Å². The molecule has 0 aliphatic carbocycles. The first-order chi connectivity index (χ1) is 15.4. The van der Waals surface area contributed by atoms with Crippen LogP contribution >= 0.6 is 0 Å². The Morgan fingerprint density at radius 3 is 2.78 bits per heavy atom.